The predicted octanol–water partition coefficient (Wildman–Crippen LogP) is 6.17. The Kier molecular flexibility index (Phi) is 7.46. The van der Waals surface area contributed by atoms with E-state index in [0.717, 1.165) is 24.9 Å². The lowest BCUT2D eigenvalue weighted by Crippen LogP contribution is -2.25. The maximum Gasteiger partial charge on any atom is 0.131 e. The largest absolute Gasteiger partial charge is 0.489 e. The van der Waals surface area contributed by atoms with E-state index in [1.807, 2.05) is 24.3 Å². The number of hydrogen-bond donors (Lipinski definition) is 1. The molecule has 0 saturated heterocycles. The minimum atomic E-state index is -0.349. The average molecular weight is 398 g/mol. The number of benzene rings is 3. The van der Waals surface area contributed by atoms with Crippen LogP contribution in [0.3, 0.4) is 0 Å². The van der Waals surface area contributed by atoms with E-state index in [0.29, 0.717) is 22.4 Å². The first-order chi connectivity index (χ1) is 13.6. The molecule has 0 spiro atoms. The highest BCUT2D eigenvalue weighted by atomic mass is 35.5. The van der Waals surface area contributed by atoms with E-state index < -0.39 is 0 Å². The first-order valence-electron chi connectivity index (χ1n) is 9.54. The molecular weight excluding hydrogens is 373 g/mol. The fourth-order valence-corrected chi connectivity index (χ4v) is 3.21. The highest BCUT2D eigenvalue weighted by Gasteiger charge is 2.08. The molecule has 0 aliphatic carbocycles. The molecule has 0 aliphatic rings. The van der Waals surface area contributed by atoms with E-state index in [1.54, 1.807) is 12.1 Å². The standard InChI is InChI=1S/C24H25ClFNO/c1-18(13-14-19-7-3-2-4-8-19)27-16-20-9-5-10-21(15-20)28-17-22-23(25)11-6-12-24(22)26/h2-12,15,18,27H,13-14,16-17H2,1H3/t18-/m1/s1. The Bertz CT molecular complexity index is 865. The molecule has 0 aromatic heterocycles. The molecule has 3 aromatic carbocycles. The van der Waals surface area contributed by atoms with E-state index >= 15 is 0 Å². The van der Waals surface area contributed by atoms with Crippen molar-refractivity contribution in [1.82, 2.24) is 5.32 Å². The van der Waals surface area contributed by atoms with Crippen molar-refractivity contribution in [1.29, 1.82) is 0 Å². The summed E-state index contributed by atoms with van der Waals surface area (Å²) in [7, 11) is 0. The highest BCUT2D eigenvalue weighted by Crippen LogP contribution is 2.22. The van der Waals surface area contributed by atoms with E-state index in [4.69, 9.17) is 16.3 Å². The van der Waals surface area contributed by atoms with Crippen LogP contribution in [0.25, 0.3) is 0 Å². The van der Waals surface area contributed by atoms with Gasteiger partial charge in [0.2, 0.25) is 0 Å². The smallest absolute Gasteiger partial charge is 0.131 e. The number of rotatable bonds is 9. The summed E-state index contributed by atoms with van der Waals surface area (Å²) in [4.78, 5) is 0. The summed E-state index contributed by atoms with van der Waals surface area (Å²) in [6, 6.07) is 23.4. The van der Waals surface area contributed by atoms with Gasteiger partial charge in [-0.15, -0.1) is 0 Å². The lowest BCUT2D eigenvalue weighted by atomic mass is 10.1. The van der Waals surface area contributed by atoms with Gasteiger partial charge >= 0.3 is 0 Å². The van der Waals surface area contributed by atoms with Gasteiger partial charge in [-0.05, 0) is 55.2 Å². The molecule has 0 aliphatic heterocycles. The summed E-state index contributed by atoms with van der Waals surface area (Å²) < 4.78 is 19.6. The molecule has 4 heteroatoms. The average Bonchev–Trinajstić information content (AvgIpc) is 2.71. The van der Waals surface area contributed by atoms with Gasteiger partial charge in [-0.25, -0.2) is 4.39 Å². The quantitative estimate of drug-likeness (QED) is 0.466. The Balaban J connectivity index is 1.49. The second-order valence-corrected chi connectivity index (χ2v) is 7.35. The van der Waals surface area contributed by atoms with Crippen LogP contribution in [0.1, 0.15) is 30.0 Å². The fourth-order valence-electron chi connectivity index (χ4n) is 2.99. The molecule has 28 heavy (non-hydrogen) atoms. The molecule has 0 unspecified atom stereocenters. The zero-order valence-electron chi connectivity index (χ0n) is 16.0. The summed E-state index contributed by atoms with van der Waals surface area (Å²) >= 11 is 6.06. The molecule has 2 nitrogen and oxygen atoms in total. The van der Waals surface area contributed by atoms with Crippen LogP contribution < -0.4 is 10.1 Å². The van der Waals surface area contributed by atoms with Gasteiger partial charge in [0.05, 0.1) is 5.02 Å². The van der Waals surface area contributed by atoms with Crippen molar-refractivity contribution < 1.29 is 9.13 Å². The van der Waals surface area contributed by atoms with E-state index in [2.05, 4.69) is 42.6 Å². The van der Waals surface area contributed by atoms with Gasteiger partial charge in [0.1, 0.15) is 18.2 Å². The lowest BCUT2D eigenvalue weighted by Gasteiger charge is -2.15. The van der Waals surface area contributed by atoms with Crippen LogP contribution in [0.2, 0.25) is 5.02 Å². The summed E-state index contributed by atoms with van der Waals surface area (Å²) in [6.45, 7) is 3.06. The number of aryl methyl sites for hydroxylation is 1. The van der Waals surface area contributed by atoms with Crippen LogP contribution in [0.15, 0.2) is 72.8 Å². The van der Waals surface area contributed by atoms with Gasteiger partial charge in [0.25, 0.3) is 0 Å². The van der Waals surface area contributed by atoms with Crippen molar-refractivity contribution >= 4 is 11.6 Å². The Morgan fingerprint density at radius 1 is 0.964 bits per heavy atom. The van der Waals surface area contributed by atoms with Crippen LogP contribution in [0, 0.1) is 5.82 Å². The number of halogens is 2. The van der Waals surface area contributed by atoms with Crippen LogP contribution in [0.5, 0.6) is 5.75 Å². The molecule has 0 saturated carbocycles. The Hall–Kier alpha value is -2.36. The van der Waals surface area contributed by atoms with Gasteiger partial charge in [0.15, 0.2) is 0 Å². The third kappa shape index (κ3) is 6.08. The van der Waals surface area contributed by atoms with Crippen molar-refractivity contribution in [2.45, 2.75) is 39.0 Å². The molecule has 3 rings (SSSR count). The second kappa shape index (κ2) is 10.3. The Labute approximate surface area is 171 Å². The molecule has 1 N–H and O–H groups in total. The lowest BCUT2D eigenvalue weighted by molar-refractivity contribution is 0.299. The van der Waals surface area contributed by atoms with Crippen molar-refractivity contribution in [3.05, 3.63) is 100 Å². The molecule has 0 fully saturated rings. The van der Waals surface area contributed by atoms with Gasteiger partial charge in [0, 0.05) is 18.2 Å². The monoisotopic (exact) mass is 397 g/mol. The number of nitrogens with one attached hydrogen (secondary N) is 1. The zero-order chi connectivity index (χ0) is 19.8. The van der Waals surface area contributed by atoms with Gasteiger partial charge in [-0.1, -0.05) is 60.1 Å². The molecular formula is C24H25ClFNO. The summed E-state index contributed by atoms with van der Waals surface area (Å²) in [5, 5.41) is 3.93. The molecule has 146 valence electrons. The van der Waals surface area contributed by atoms with Gasteiger partial charge in [-0.3, -0.25) is 0 Å². The topological polar surface area (TPSA) is 21.3 Å². The molecule has 3 aromatic rings. The number of hydrogen-bond acceptors (Lipinski definition) is 2. The van der Waals surface area contributed by atoms with Crippen LogP contribution in [0.4, 0.5) is 4.39 Å². The van der Waals surface area contributed by atoms with E-state index in [-0.39, 0.29) is 12.4 Å². The van der Waals surface area contributed by atoms with Gasteiger partial charge in [-0.2, -0.15) is 0 Å². The van der Waals surface area contributed by atoms with E-state index in [1.165, 1.54) is 11.6 Å². The number of ether oxygens (including phenoxy) is 1. The first kappa shape index (κ1) is 20.4. The van der Waals surface area contributed by atoms with Crippen molar-refractivity contribution in [3.8, 4) is 5.75 Å². The Morgan fingerprint density at radius 2 is 1.71 bits per heavy atom. The van der Waals surface area contributed by atoms with Gasteiger partial charge < -0.3 is 10.1 Å². The maximum absolute atomic E-state index is 13.9. The third-order valence-electron chi connectivity index (χ3n) is 4.71. The Morgan fingerprint density at radius 3 is 2.50 bits per heavy atom. The minimum absolute atomic E-state index is 0.107. The van der Waals surface area contributed by atoms with Crippen molar-refractivity contribution in [2.24, 2.45) is 0 Å². The predicted molar refractivity (Wildman–Crippen MR) is 113 cm³/mol. The summed E-state index contributed by atoms with van der Waals surface area (Å²) in [5.74, 6) is 0.355. The molecule has 0 bridgehead atoms. The normalized spacial score (nSPS) is 12.0. The van der Waals surface area contributed by atoms with Crippen molar-refractivity contribution in [3.63, 3.8) is 0 Å². The molecule has 0 heterocycles. The second-order valence-electron chi connectivity index (χ2n) is 6.94. The van der Waals surface area contributed by atoms with Crippen molar-refractivity contribution in [2.75, 3.05) is 0 Å². The van der Waals surface area contributed by atoms with E-state index in [9.17, 15) is 4.39 Å². The third-order valence-corrected chi connectivity index (χ3v) is 5.06. The molecule has 1 atom stereocenters. The van der Waals surface area contributed by atoms with Crippen LogP contribution in [-0.4, -0.2) is 6.04 Å². The molecule has 0 radical (unpaired) electrons. The maximum atomic E-state index is 13.9. The summed E-state index contributed by atoms with van der Waals surface area (Å²) in [6.07, 6.45) is 2.13. The first-order valence-corrected chi connectivity index (χ1v) is 9.91. The molecule has 0 amide bonds. The minimum Gasteiger partial charge on any atom is -0.489 e. The SMILES string of the molecule is C[C@H](CCc1ccccc1)NCc1cccc(OCc2c(F)cccc2Cl)c1. The van der Waals surface area contributed by atoms with Crippen LogP contribution in [-0.2, 0) is 19.6 Å². The zero-order valence-corrected chi connectivity index (χ0v) is 16.8. The highest BCUT2D eigenvalue weighted by molar-refractivity contribution is 6.31. The van der Waals surface area contributed by atoms with Crippen LogP contribution >= 0.6 is 11.6 Å². The summed E-state index contributed by atoms with van der Waals surface area (Å²) in [5.41, 5.74) is 2.87. The fraction of sp³-hybridized carbons (Fsp3) is 0.250.